The lowest BCUT2D eigenvalue weighted by atomic mass is 9.90. The molecule has 0 aliphatic carbocycles. The maximum Gasteiger partial charge on any atom is 0.265 e. The van der Waals surface area contributed by atoms with E-state index in [-0.39, 0.29) is 16.7 Å². The van der Waals surface area contributed by atoms with Gasteiger partial charge in [-0.3, -0.25) is 9.59 Å². The highest BCUT2D eigenvalue weighted by Crippen LogP contribution is 2.28. The predicted molar refractivity (Wildman–Crippen MR) is 139 cm³/mol. The van der Waals surface area contributed by atoms with Gasteiger partial charge < -0.3 is 10.6 Å². The van der Waals surface area contributed by atoms with Crippen molar-refractivity contribution in [3.63, 3.8) is 0 Å². The van der Waals surface area contributed by atoms with Crippen LogP contribution in [0.2, 0.25) is 0 Å². The summed E-state index contributed by atoms with van der Waals surface area (Å²) in [6.07, 6.45) is 2.23. The Morgan fingerprint density at radius 1 is 1.03 bits per heavy atom. The lowest BCUT2D eigenvalue weighted by molar-refractivity contribution is -0.118. The van der Waals surface area contributed by atoms with Crippen LogP contribution in [0.15, 0.2) is 83.6 Å². The van der Waals surface area contributed by atoms with E-state index in [1.165, 1.54) is 33.9 Å². The van der Waals surface area contributed by atoms with Crippen LogP contribution in [0.3, 0.4) is 0 Å². The SMILES string of the molecule is C=CC(=O)NC1(C)CCN(S(=O)(=O)c2ccc(NC(=O)c3cc(-c4ccccc4)cs3)cc2)CC1. The molecule has 35 heavy (non-hydrogen) atoms. The second kappa shape index (κ2) is 10.2. The molecular formula is C26H27N3O4S2. The molecule has 182 valence electrons. The molecule has 0 unspecified atom stereocenters. The quantitative estimate of drug-likeness (QED) is 0.458. The van der Waals surface area contributed by atoms with Crippen molar-refractivity contribution in [3.05, 3.63) is 83.6 Å². The molecule has 2 heterocycles. The lowest BCUT2D eigenvalue weighted by Crippen LogP contribution is -2.53. The number of nitrogens with one attached hydrogen (secondary N) is 2. The average molecular weight is 510 g/mol. The minimum atomic E-state index is -3.68. The number of carbonyl (C=O) groups excluding carboxylic acids is 2. The van der Waals surface area contributed by atoms with Crippen LogP contribution in [0.4, 0.5) is 5.69 Å². The first-order valence-corrected chi connectivity index (χ1v) is 13.5. The highest BCUT2D eigenvalue weighted by molar-refractivity contribution is 7.89. The van der Waals surface area contributed by atoms with E-state index in [9.17, 15) is 18.0 Å². The number of piperidine rings is 1. The Morgan fingerprint density at radius 3 is 2.31 bits per heavy atom. The van der Waals surface area contributed by atoms with Crippen LogP contribution in [0.25, 0.3) is 11.1 Å². The van der Waals surface area contributed by atoms with Crippen molar-refractivity contribution in [3.8, 4) is 11.1 Å². The molecule has 2 N–H and O–H groups in total. The number of anilines is 1. The number of hydrogen-bond donors (Lipinski definition) is 2. The number of thiophene rings is 1. The first-order valence-electron chi connectivity index (χ1n) is 11.2. The molecule has 1 aliphatic heterocycles. The van der Waals surface area contributed by atoms with E-state index in [1.807, 2.05) is 48.7 Å². The van der Waals surface area contributed by atoms with Gasteiger partial charge in [0.25, 0.3) is 5.91 Å². The maximum atomic E-state index is 13.1. The zero-order valence-corrected chi connectivity index (χ0v) is 21.0. The van der Waals surface area contributed by atoms with E-state index in [4.69, 9.17) is 0 Å². The monoisotopic (exact) mass is 509 g/mol. The van der Waals surface area contributed by atoms with E-state index in [0.29, 0.717) is 36.5 Å². The Hall–Kier alpha value is -3.27. The number of benzene rings is 2. The summed E-state index contributed by atoms with van der Waals surface area (Å²) in [6.45, 7) is 5.98. The maximum absolute atomic E-state index is 13.1. The van der Waals surface area contributed by atoms with Gasteiger partial charge in [0.15, 0.2) is 0 Å². The molecule has 0 bridgehead atoms. The Morgan fingerprint density at radius 2 is 1.69 bits per heavy atom. The summed E-state index contributed by atoms with van der Waals surface area (Å²) < 4.78 is 27.6. The highest BCUT2D eigenvalue weighted by atomic mass is 32.2. The fraction of sp³-hybridized carbons (Fsp3) is 0.231. The van der Waals surface area contributed by atoms with Gasteiger partial charge in [0.1, 0.15) is 0 Å². The molecule has 1 saturated heterocycles. The molecule has 1 aromatic heterocycles. The van der Waals surface area contributed by atoms with Gasteiger partial charge in [-0.1, -0.05) is 36.9 Å². The Balaban J connectivity index is 1.39. The van der Waals surface area contributed by atoms with Gasteiger partial charge in [-0.25, -0.2) is 8.42 Å². The second-order valence-corrected chi connectivity index (χ2v) is 11.6. The molecule has 3 aromatic rings. The molecule has 0 atom stereocenters. The summed E-state index contributed by atoms with van der Waals surface area (Å²) in [7, 11) is -3.68. The van der Waals surface area contributed by atoms with Crippen molar-refractivity contribution in [2.24, 2.45) is 0 Å². The minimum Gasteiger partial charge on any atom is -0.347 e. The minimum absolute atomic E-state index is 0.164. The largest absolute Gasteiger partial charge is 0.347 e. The van der Waals surface area contributed by atoms with Gasteiger partial charge in [-0.05, 0) is 72.7 Å². The summed E-state index contributed by atoms with van der Waals surface area (Å²) in [5, 5.41) is 7.66. The summed E-state index contributed by atoms with van der Waals surface area (Å²) in [6, 6.07) is 17.9. The van der Waals surface area contributed by atoms with Crippen LogP contribution in [0.5, 0.6) is 0 Å². The molecule has 7 nitrogen and oxygen atoms in total. The van der Waals surface area contributed by atoms with Crippen molar-refractivity contribution in [1.82, 2.24) is 9.62 Å². The van der Waals surface area contributed by atoms with Gasteiger partial charge in [-0.15, -0.1) is 11.3 Å². The molecule has 9 heteroatoms. The fourth-order valence-electron chi connectivity index (χ4n) is 3.98. The highest BCUT2D eigenvalue weighted by Gasteiger charge is 2.36. The number of rotatable bonds is 7. The first-order chi connectivity index (χ1) is 16.7. The molecule has 4 rings (SSSR count). The normalized spacial score (nSPS) is 15.8. The predicted octanol–water partition coefficient (Wildman–Crippen LogP) is 4.51. The summed E-state index contributed by atoms with van der Waals surface area (Å²) in [5.41, 5.74) is 2.07. The van der Waals surface area contributed by atoms with Crippen LogP contribution in [0, 0.1) is 0 Å². The van der Waals surface area contributed by atoms with E-state index < -0.39 is 15.6 Å². The van der Waals surface area contributed by atoms with Crippen LogP contribution >= 0.6 is 11.3 Å². The molecule has 2 amide bonds. The topological polar surface area (TPSA) is 95.6 Å². The summed E-state index contributed by atoms with van der Waals surface area (Å²) >= 11 is 1.36. The Bertz CT molecular complexity index is 1320. The average Bonchev–Trinajstić information content (AvgIpc) is 3.36. The molecule has 1 fully saturated rings. The van der Waals surface area contributed by atoms with Gasteiger partial charge in [0, 0.05) is 24.3 Å². The van der Waals surface area contributed by atoms with Gasteiger partial charge in [0.05, 0.1) is 9.77 Å². The Labute approximate surface area is 209 Å². The molecular weight excluding hydrogens is 482 g/mol. The zero-order valence-electron chi connectivity index (χ0n) is 19.4. The van der Waals surface area contributed by atoms with Crippen LogP contribution in [-0.4, -0.2) is 43.2 Å². The third kappa shape index (κ3) is 5.70. The lowest BCUT2D eigenvalue weighted by Gasteiger charge is -2.39. The summed E-state index contributed by atoms with van der Waals surface area (Å²) in [5.74, 6) is -0.509. The molecule has 0 radical (unpaired) electrons. The fourth-order valence-corrected chi connectivity index (χ4v) is 6.24. The zero-order chi connectivity index (χ0) is 25.1. The van der Waals surface area contributed by atoms with Crippen molar-refractivity contribution in [2.75, 3.05) is 18.4 Å². The van der Waals surface area contributed by atoms with E-state index >= 15 is 0 Å². The third-order valence-electron chi connectivity index (χ3n) is 6.12. The van der Waals surface area contributed by atoms with Crippen molar-refractivity contribution < 1.29 is 18.0 Å². The smallest absolute Gasteiger partial charge is 0.265 e. The summed E-state index contributed by atoms with van der Waals surface area (Å²) in [4.78, 5) is 25.1. The van der Waals surface area contributed by atoms with E-state index in [2.05, 4.69) is 17.2 Å². The van der Waals surface area contributed by atoms with Gasteiger partial charge >= 0.3 is 0 Å². The van der Waals surface area contributed by atoms with Gasteiger partial charge in [-0.2, -0.15) is 4.31 Å². The molecule has 1 aliphatic rings. The van der Waals surface area contributed by atoms with Gasteiger partial charge in [0.2, 0.25) is 15.9 Å². The van der Waals surface area contributed by atoms with Crippen LogP contribution < -0.4 is 10.6 Å². The number of hydrogen-bond acceptors (Lipinski definition) is 5. The van der Waals surface area contributed by atoms with E-state index in [0.717, 1.165) is 11.1 Å². The standard InChI is InChI=1S/C26H27N3O4S2/c1-3-24(30)28-26(2)13-15-29(16-14-26)35(32,33)22-11-9-21(10-12-22)27-25(31)23-17-20(18-34-23)19-7-5-4-6-8-19/h3-12,17-18H,1,13-16H2,2H3,(H,27,31)(H,28,30). The molecule has 0 saturated carbocycles. The van der Waals surface area contributed by atoms with E-state index in [1.54, 1.807) is 12.1 Å². The molecule has 2 aromatic carbocycles. The van der Waals surface area contributed by atoms with Crippen molar-refractivity contribution >= 4 is 38.9 Å². The number of carbonyl (C=O) groups is 2. The Kier molecular flexibility index (Phi) is 7.20. The second-order valence-electron chi connectivity index (χ2n) is 8.70. The number of nitrogens with zero attached hydrogens (tertiary/aromatic N) is 1. The number of amides is 2. The van der Waals surface area contributed by atoms with Crippen LogP contribution in [0.1, 0.15) is 29.4 Å². The van der Waals surface area contributed by atoms with Crippen LogP contribution in [-0.2, 0) is 14.8 Å². The molecule has 0 spiro atoms. The van der Waals surface area contributed by atoms with Crippen molar-refractivity contribution in [2.45, 2.75) is 30.2 Å². The first kappa shape index (κ1) is 24.8. The van der Waals surface area contributed by atoms with Crippen molar-refractivity contribution in [1.29, 1.82) is 0 Å². The number of sulfonamides is 1. The third-order valence-corrected chi connectivity index (χ3v) is 8.96.